The number of alkyl halides is 13. The van der Waals surface area contributed by atoms with E-state index in [0.29, 0.717) is 0 Å². The molecule has 5 nitrogen and oxygen atoms in total. The van der Waals surface area contributed by atoms with Crippen molar-refractivity contribution in [3.63, 3.8) is 0 Å². The summed E-state index contributed by atoms with van der Waals surface area (Å²) in [7, 11) is 0. The van der Waals surface area contributed by atoms with Gasteiger partial charge in [0, 0.05) is 0 Å². The Hall–Kier alpha value is -2.34. The molecule has 1 rings (SSSR count). The summed E-state index contributed by atoms with van der Waals surface area (Å²) in [4.78, 5) is 25.7. The Kier molecular flexibility index (Phi) is 7.36. The van der Waals surface area contributed by atoms with Crippen LogP contribution in [0.15, 0.2) is 0 Å². The molecule has 0 spiro atoms. The zero-order valence-electron chi connectivity index (χ0n) is 15.7. The molecule has 0 saturated carbocycles. The number of anilines is 1. The van der Waals surface area contributed by atoms with Crippen LogP contribution in [0.25, 0.3) is 0 Å². The summed E-state index contributed by atoms with van der Waals surface area (Å²) < 4.78 is 174. The molecule has 0 fully saturated rings. The van der Waals surface area contributed by atoms with Crippen LogP contribution in [0.5, 0.6) is 0 Å². The number of halogens is 13. The third-order valence-electron chi connectivity index (χ3n) is 3.70. The molecule has 190 valence electrons. The van der Waals surface area contributed by atoms with Crippen LogP contribution in [0.4, 0.5) is 62.2 Å². The van der Waals surface area contributed by atoms with Crippen LogP contribution in [0.3, 0.4) is 0 Å². The van der Waals surface area contributed by atoms with E-state index in [9.17, 15) is 66.7 Å². The third-order valence-corrected chi connectivity index (χ3v) is 4.75. The zero-order chi connectivity index (χ0) is 26.4. The monoisotopic (exact) mass is 532 g/mol. The number of amides is 1. The van der Waals surface area contributed by atoms with Gasteiger partial charge in [-0.2, -0.15) is 57.1 Å². The van der Waals surface area contributed by atoms with E-state index in [0.717, 1.165) is 12.2 Å². The molecular formula is C14H9F13N2O3S. The Bertz CT molecular complexity index is 911. The Morgan fingerprint density at radius 2 is 1.30 bits per heavy atom. The van der Waals surface area contributed by atoms with Crippen LogP contribution in [-0.2, 0) is 9.53 Å². The van der Waals surface area contributed by atoms with Crippen LogP contribution in [0.2, 0.25) is 0 Å². The van der Waals surface area contributed by atoms with E-state index in [1.165, 1.54) is 6.92 Å². The minimum Gasteiger partial charge on any atom is -0.462 e. The Morgan fingerprint density at radius 3 is 1.73 bits per heavy atom. The Balaban J connectivity index is 3.36. The molecule has 0 aliphatic heterocycles. The fraction of sp³-hybridized carbons (Fsp3) is 0.643. The highest BCUT2D eigenvalue weighted by Crippen LogP contribution is 2.60. The van der Waals surface area contributed by atoms with Gasteiger partial charge in [0.1, 0.15) is 4.88 Å². The largest absolute Gasteiger partial charge is 0.462 e. The fourth-order valence-electron chi connectivity index (χ4n) is 1.92. The smallest absolute Gasteiger partial charge is 0.460 e. The molecular weight excluding hydrogens is 523 g/mol. The van der Waals surface area contributed by atoms with Gasteiger partial charge in [-0.05, 0) is 13.8 Å². The molecule has 19 heteroatoms. The first-order valence-corrected chi connectivity index (χ1v) is 8.74. The number of esters is 1. The number of hydrogen-bond donors (Lipinski definition) is 1. The lowest BCUT2D eigenvalue weighted by atomic mass is 9.93. The molecule has 0 aliphatic rings. The standard InChI is InChI=1S/C14H9F13N2O3S/c1-3-32-6(30)5-4(2)28-8(33-5)29-7(31)9(15,16)10(17,18)11(19,20)12(21,22)13(23,24)14(25,26)27/h3H2,1-2H3,(H,28,29,31). The van der Waals surface area contributed by atoms with Crippen molar-refractivity contribution < 1.29 is 71.4 Å². The predicted molar refractivity (Wildman–Crippen MR) is 82.2 cm³/mol. The maximum Gasteiger partial charge on any atom is 0.460 e. The highest BCUT2D eigenvalue weighted by molar-refractivity contribution is 7.17. The SMILES string of the molecule is CCOC(=O)c1sc(NC(=O)C(F)(F)C(F)(F)C(F)(F)C(F)(F)C(F)(F)C(F)(F)F)nc1C. The van der Waals surface area contributed by atoms with Crippen molar-refractivity contribution in [3.8, 4) is 0 Å². The summed E-state index contributed by atoms with van der Waals surface area (Å²) >= 11 is -0.0169. The van der Waals surface area contributed by atoms with E-state index in [4.69, 9.17) is 0 Å². The number of aromatic nitrogens is 1. The van der Waals surface area contributed by atoms with Crippen molar-refractivity contribution in [1.29, 1.82) is 0 Å². The van der Waals surface area contributed by atoms with E-state index >= 15 is 0 Å². The quantitative estimate of drug-likeness (QED) is 0.365. The Labute approximate surface area is 177 Å². The van der Waals surface area contributed by atoms with E-state index in [1.54, 1.807) is 0 Å². The zero-order valence-corrected chi connectivity index (χ0v) is 16.5. The average molecular weight is 532 g/mol. The molecule has 1 aromatic heterocycles. The lowest BCUT2D eigenvalue weighted by molar-refractivity contribution is -0.435. The van der Waals surface area contributed by atoms with Crippen molar-refractivity contribution >= 4 is 28.3 Å². The van der Waals surface area contributed by atoms with Crippen molar-refractivity contribution in [2.75, 3.05) is 11.9 Å². The van der Waals surface area contributed by atoms with Crippen LogP contribution >= 0.6 is 11.3 Å². The van der Waals surface area contributed by atoms with Gasteiger partial charge in [-0.3, -0.25) is 10.1 Å². The number of carbonyl (C=O) groups is 2. The molecule has 33 heavy (non-hydrogen) atoms. The summed E-state index contributed by atoms with van der Waals surface area (Å²) in [5.41, 5.74) is -0.356. The molecule has 0 aliphatic carbocycles. The predicted octanol–water partition coefficient (Wildman–Crippen LogP) is 5.31. The highest BCUT2D eigenvalue weighted by atomic mass is 32.1. The topological polar surface area (TPSA) is 68.3 Å². The molecule has 0 bridgehead atoms. The summed E-state index contributed by atoms with van der Waals surface area (Å²) in [5, 5.41) is -0.365. The van der Waals surface area contributed by atoms with Gasteiger partial charge < -0.3 is 4.74 Å². The number of ether oxygens (including phenoxy) is 1. The lowest BCUT2D eigenvalue weighted by Crippen LogP contribution is -2.71. The van der Waals surface area contributed by atoms with Gasteiger partial charge in [0.25, 0.3) is 0 Å². The van der Waals surface area contributed by atoms with Crippen LogP contribution in [0.1, 0.15) is 22.3 Å². The second-order valence-corrected chi connectivity index (χ2v) is 6.98. The molecule has 0 radical (unpaired) electrons. The first-order valence-electron chi connectivity index (χ1n) is 7.92. The molecule has 1 heterocycles. The van der Waals surface area contributed by atoms with Gasteiger partial charge in [0.2, 0.25) is 0 Å². The van der Waals surface area contributed by atoms with Gasteiger partial charge in [-0.25, -0.2) is 9.78 Å². The normalized spacial score (nSPS) is 14.3. The molecule has 1 amide bonds. The van der Waals surface area contributed by atoms with Crippen LogP contribution in [-0.4, -0.2) is 59.3 Å². The van der Waals surface area contributed by atoms with Crippen molar-refractivity contribution in [1.82, 2.24) is 4.98 Å². The molecule has 1 aromatic rings. The van der Waals surface area contributed by atoms with Crippen LogP contribution < -0.4 is 5.32 Å². The number of nitrogens with zero attached hydrogens (tertiary/aromatic N) is 1. The molecule has 0 atom stereocenters. The first kappa shape index (κ1) is 28.7. The minimum absolute atomic E-state index is 0.0169. The minimum atomic E-state index is -8.12. The second-order valence-electron chi connectivity index (χ2n) is 5.98. The van der Waals surface area contributed by atoms with Gasteiger partial charge in [-0.1, -0.05) is 11.3 Å². The third kappa shape index (κ3) is 4.42. The van der Waals surface area contributed by atoms with E-state index in [1.807, 2.05) is 0 Å². The molecule has 1 N–H and O–H groups in total. The van der Waals surface area contributed by atoms with Gasteiger partial charge in [0.15, 0.2) is 5.13 Å². The van der Waals surface area contributed by atoms with Gasteiger partial charge in [0.05, 0.1) is 12.3 Å². The molecule has 0 saturated heterocycles. The van der Waals surface area contributed by atoms with Crippen molar-refractivity contribution in [2.24, 2.45) is 0 Å². The van der Waals surface area contributed by atoms with Gasteiger partial charge in [-0.15, -0.1) is 0 Å². The number of thiazole rings is 1. The van der Waals surface area contributed by atoms with Crippen molar-refractivity contribution in [3.05, 3.63) is 10.6 Å². The number of rotatable bonds is 8. The lowest BCUT2D eigenvalue weighted by Gasteiger charge is -2.39. The number of carbonyl (C=O) groups excluding carboxylic acids is 2. The Morgan fingerprint density at radius 1 is 0.848 bits per heavy atom. The fourth-order valence-corrected chi connectivity index (χ4v) is 2.78. The number of nitrogens with one attached hydrogen (secondary N) is 1. The first-order chi connectivity index (χ1) is 14.5. The summed E-state index contributed by atoms with van der Waals surface area (Å²) in [6.45, 7) is 2.13. The molecule has 0 unspecified atom stereocenters. The molecule has 0 aromatic carbocycles. The number of aryl methyl sites for hydroxylation is 1. The maximum atomic E-state index is 13.8. The number of hydrogen-bond acceptors (Lipinski definition) is 5. The van der Waals surface area contributed by atoms with Crippen molar-refractivity contribution in [2.45, 2.75) is 49.6 Å². The average Bonchev–Trinajstić information content (AvgIpc) is 3.00. The second kappa shape index (κ2) is 8.46. The summed E-state index contributed by atoms with van der Waals surface area (Å²) in [6.07, 6.45) is -7.56. The van der Waals surface area contributed by atoms with Gasteiger partial charge >= 0.3 is 47.7 Å². The van der Waals surface area contributed by atoms with E-state index < -0.39 is 57.7 Å². The summed E-state index contributed by atoms with van der Waals surface area (Å²) in [6, 6.07) is 0. The highest BCUT2D eigenvalue weighted by Gasteiger charge is 2.91. The summed E-state index contributed by atoms with van der Waals surface area (Å²) in [5.74, 6) is -43.6. The van der Waals surface area contributed by atoms with E-state index in [2.05, 4.69) is 9.72 Å². The van der Waals surface area contributed by atoms with Crippen LogP contribution in [0, 0.1) is 6.92 Å². The van der Waals surface area contributed by atoms with E-state index in [-0.39, 0.29) is 23.6 Å². The maximum absolute atomic E-state index is 13.8.